The molecular weight excluding hydrogens is 402 g/mol. The molecule has 0 fully saturated rings. The van der Waals surface area contributed by atoms with Crippen molar-refractivity contribution in [1.82, 2.24) is 4.90 Å². The molecule has 0 aliphatic carbocycles. The number of carboxylic acid groups (broad SMARTS) is 1. The molecule has 6 nitrogen and oxygen atoms in total. The number of phenols is 1. The van der Waals surface area contributed by atoms with Crippen LogP contribution in [0.5, 0.6) is 5.75 Å². The Morgan fingerprint density at radius 1 is 0.800 bits per heavy atom. The Balaban J connectivity index is 1.60. The minimum absolute atomic E-state index is 0.00645. The Morgan fingerprint density at radius 3 is 1.93 bits per heavy atom. The zero-order valence-electron chi connectivity index (χ0n) is 16.3. The highest BCUT2D eigenvalue weighted by atomic mass is 32.2. The van der Waals surface area contributed by atoms with Crippen LogP contribution in [0.4, 0.5) is 4.79 Å². The molecule has 30 heavy (non-hydrogen) atoms. The van der Waals surface area contributed by atoms with Crippen molar-refractivity contribution in [2.75, 3.05) is 6.54 Å². The molecule has 0 aliphatic rings. The number of benzene rings is 3. The summed E-state index contributed by atoms with van der Waals surface area (Å²) in [6.45, 7) is 0.720. The molecule has 0 saturated carbocycles. The Kier molecular flexibility index (Phi) is 6.74. The molecule has 3 aromatic rings. The molecule has 156 valence electrons. The van der Waals surface area contributed by atoms with Gasteiger partial charge in [0.05, 0.1) is 9.79 Å². The summed E-state index contributed by atoms with van der Waals surface area (Å²) in [5.41, 5.74) is 1.87. The van der Waals surface area contributed by atoms with Crippen LogP contribution in [0.3, 0.4) is 0 Å². The fraction of sp³-hybridized carbons (Fsp3) is 0.174. The molecule has 0 aliphatic heterocycles. The molecule has 0 unspecified atom stereocenters. The Labute approximate surface area is 176 Å². The third-order valence-corrected chi connectivity index (χ3v) is 6.55. The number of carbonyl (C=O) groups is 1. The fourth-order valence-corrected chi connectivity index (χ4v) is 4.38. The predicted octanol–water partition coefficient (Wildman–Crippen LogP) is 4.34. The van der Waals surface area contributed by atoms with Gasteiger partial charge in [-0.3, -0.25) is 0 Å². The predicted molar refractivity (Wildman–Crippen MR) is 113 cm³/mol. The SMILES string of the molecule is O=C(O)N(CCCc1ccc(S(=O)(=O)c2ccc(O)cc2)cc1)Cc1ccccc1. The summed E-state index contributed by atoms with van der Waals surface area (Å²) in [6.07, 6.45) is 0.301. The number of hydrogen-bond acceptors (Lipinski definition) is 4. The van der Waals surface area contributed by atoms with Gasteiger partial charge in [0.2, 0.25) is 9.84 Å². The molecule has 0 heterocycles. The van der Waals surface area contributed by atoms with Crippen LogP contribution >= 0.6 is 0 Å². The lowest BCUT2D eigenvalue weighted by Crippen LogP contribution is -2.30. The van der Waals surface area contributed by atoms with Gasteiger partial charge in [0.1, 0.15) is 5.75 Å². The van der Waals surface area contributed by atoms with Gasteiger partial charge in [-0.2, -0.15) is 0 Å². The fourth-order valence-electron chi connectivity index (χ4n) is 3.12. The number of nitrogens with zero attached hydrogens (tertiary/aromatic N) is 1. The summed E-state index contributed by atoms with van der Waals surface area (Å²) < 4.78 is 25.3. The number of sulfone groups is 1. The lowest BCUT2D eigenvalue weighted by Gasteiger charge is -2.19. The van der Waals surface area contributed by atoms with Crippen molar-refractivity contribution in [3.63, 3.8) is 0 Å². The van der Waals surface area contributed by atoms with Gasteiger partial charge in [-0.15, -0.1) is 0 Å². The van der Waals surface area contributed by atoms with Gasteiger partial charge in [-0.1, -0.05) is 42.5 Å². The van der Waals surface area contributed by atoms with E-state index in [1.807, 2.05) is 30.3 Å². The van der Waals surface area contributed by atoms with E-state index in [9.17, 15) is 23.4 Å². The summed E-state index contributed by atoms with van der Waals surface area (Å²) >= 11 is 0. The molecule has 3 aromatic carbocycles. The van der Waals surface area contributed by atoms with E-state index in [0.717, 1.165) is 11.1 Å². The van der Waals surface area contributed by atoms with Crippen molar-refractivity contribution < 1.29 is 23.4 Å². The quantitative estimate of drug-likeness (QED) is 0.560. The van der Waals surface area contributed by atoms with Gasteiger partial charge < -0.3 is 15.1 Å². The number of hydrogen-bond donors (Lipinski definition) is 2. The molecule has 0 saturated heterocycles. The lowest BCUT2D eigenvalue weighted by atomic mass is 10.1. The smallest absolute Gasteiger partial charge is 0.407 e. The Bertz CT molecular complexity index is 1080. The average molecular weight is 426 g/mol. The van der Waals surface area contributed by atoms with Crippen molar-refractivity contribution >= 4 is 15.9 Å². The van der Waals surface area contributed by atoms with Gasteiger partial charge in [-0.25, -0.2) is 13.2 Å². The normalized spacial score (nSPS) is 11.2. The molecule has 0 radical (unpaired) electrons. The summed E-state index contributed by atoms with van der Waals surface area (Å²) in [4.78, 5) is 13.2. The van der Waals surface area contributed by atoms with E-state index < -0.39 is 15.9 Å². The lowest BCUT2D eigenvalue weighted by molar-refractivity contribution is 0.141. The largest absolute Gasteiger partial charge is 0.508 e. The van der Waals surface area contributed by atoms with Gasteiger partial charge in [0.25, 0.3) is 0 Å². The molecular formula is C23H23NO5S. The molecule has 2 N–H and O–H groups in total. The summed E-state index contributed by atoms with van der Waals surface area (Å²) in [5, 5.41) is 18.8. The van der Waals surface area contributed by atoms with Gasteiger partial charge in [0.15, 0.2) is 0 Å². The zero-order valence-corrected chi connectivity index (χ0v) is 17.1. The van der Waals surface area contributed by atoms with Crippen LogP contribution in [0.2, 0.25) is 0 Å². The average Bonchev–Trinajstić information content (AvgIpc) is 2.74. The molecule has 0 spiro atoms. The molecule has 0 aromatic heterocycles. The standard InChI is InChI=1S/C23H23NO5S/c25-20-10-14-22(15-11-20)30(28,29)21-12-8-18(9-13-21)7-4-16-24(23(26)27)17-19-5-2-1-3-6-19/h1-3,5-6,8-15,25H,4,7,16-17H2,(H,26,27). The van der Waals surface area contributed by atoms with Crippen molar-refractivity contribution in [3.8, 4) is 5.75 Å². The maximum absolute atomic E-state index is 12.7. The summed E-state index contributed by atoms with van der Waals surface area (Å²) in [7, 11) is -3.65. The minimum Gasteiger partial charge on any atom is -0.508 e. The third-order valence-electron chi connectivity index (χ3n) is 4.76. The van der Waals surface area contributed by atoms with E-state index in [4.69, 9.17) is 0 Å². The number of amides is 1. The molecule has 1 amide bonds. The monoisotopic (exact) mass is 425 g/mol. The first-order valence-electron chi connectivity index (χ1n) is 9.51. The van der Waals surface area contributed by atoms with Crippen LogP contribution in [-0.2, 0) is 22.8 Å². The van der Waals surface area contributed by atoms with E-state index in [0.29, 0.717) is 25.9 Å². The first-order chi connectivity index (χ1) is 14.4. The highest BCUT2D eigenvalue weighted by Crippen LogP contribution is 2.23. The molecule has 3 rings (SSSR count). The maximum Gasteiger partial charge on any atom is 0.407 e. The van der Waals surface area contributed by atoms with Crippen molar-refractivity contribution in [3.05, 3.63) is 90.0 Å². The second-order valence-corrected chi connectivity index (χ2v) is 8.88. The highest BCUT2D eigenvalue weighted by molar-refractivity contribution is 7.91. The van der Waals surface area contributed by atoms with Gasteiger partial charge >= 0.3 is 6.09 Å². The summed E-state index contributed by atoms with van der Waals surface area (Å²) in [6, 6.07) is 21.4. The number of rotatable bonds is 8. The summed E-state index contributed by atoms with van der Waals surface area (Å²) in [5.74, 6) is 0.00645. The topological polar surface area (TPSA) is 94.9 Å². The van der Waals surface area contributed by atoms with Crippen molar-refractivity contribution in [1.29, 1.82) is 0 Å². The Hall–Kier alpha value is -3.32. The number of aryl methyl sites for hydroxylation is 1. The van der Waals surface area contributed by atoms with Crippen LogP contribution in [0, 0.1) is 0 Å². The van der Waals surface area contributed by atoms with E-state index in [-0.39, 0.29) is 15.5 Å². The maximum atomic E-state index is 12.7. The van der Waals surface area contributed by atoms with Crippen LogP contribution in [0.25, 0.3) is 0 Å². The van der Waals surface area contributed by atoms with Crippen molar-refractivity contribution in [2.24, 2.45) is 0 Å². The van der Waals surface area contributed by atoms with Crippen LogP contribution in [0.1, 0.15) is 17.5 Å². The first-order valence-corrected chi connectivity index (χ1v) is 11.0. The molecule has 0 bridgehead atoms. The van der Waals surface area contributed by atoms with Crippen LogP contribution in [0.15, 0.2) is 88.7 Å². The third kappa shape index (κ3) is 5.39. The van der Waals surface area contributed by atoms with E-state index in [1.54, 1.807) is 24.3 Å². The first kappa shape index (κ1) is 21.4. The number of phenolic OH excluding ortho intramolecular Hbond substituents is 1. The molecule has 7 heteroatoms. The second kappa shape index (κ2) is 9.45. The molecule has 0 atom stereocenters. The van der Waals surface area contributed by atoms with Crippen molar-refractivity contribution in [2.45, 2.75) is 29.2 Å². The van der Waals surface area contributed by atoms with Crippen LogP contribution in [-0.4, -0.2) is 36.2 Å². The second-order valence-electron chi connectivity index (χ2n) is 6.93. The van der Waals surface area contributed by atoms with E-state index >= 15 is 0 Å². The highest BCUT2D eigenvalue weighted by Gasteiger charge is 2.17. The zero-order chi connectivity index (χ0) is 21.6. The van der Waals surface area contributed by atoms with Crippen LogP contribution < -0.4 is 0 Å². The minimum atomic E-state index is -3.65. The van der Waals surface area contributed by atoms with Gasteiger partial charge in [-0.05, 0) is 60.4 Å². The van der Waals surface area contributed by atoms with E-state index in [2.05, 4.69) is 0 Å². The van der Waals surface area contributed by atoms with E-state index in [1.165, 1.54) is 29.2 Å². The number of aromatic hydroxyl groups is 1. The van der Waals surface area contributed by atoms with Gasteiger partial charge in [0, 0.05) is 13.1 Å². The Morgan fingerprint density at radius 2 is 1.37 bits per heavy atom.